The lowest BCUT2D eigenvalue weighted by atomic mass is 10.0. The van der Waals surface area contributed by atoms with Gasteiger partial charge in [0.25, 0.3) is 0 Å². The topological polar surface area (TPSA) is 36.6 Å². The number of piperidine rings is 1. The summed E-state index contributed by atoms with van der Waals surface area (Å²) in [6.45, 7) is 11.2. The zero-order valence-electron chi connectivity index (χ0n) is 18.0. The summed E-state index contributed by atoms with van der Waals surface area (Å²) in [5.41, 5.74) is 2.79. The second kappa shape index (κ2) is 8.74. The molecule has 1 aromatic carbocycles. The van der Waals surface area contributed by atoms with Crippen LogP contribution in [0.25, 0.3) is 11.0 Å². The van der Waals surface area contributed by atoms with E-state index in [2.05, 4.69) is 33.5 Å². The van der Waals surface area contributed by atoms with Crippen LogP contribution in [0, 0.1) is 11.8 Å². The first kappa shape index (κ1) is 20.2. The first-order chi connectivity index (χ1) is 14.1. The SMILES string of the molecule is CCN1CCC(N2CCN(CC#Cc3cccc4c3n(C)c(=O)n4C)CC2)CC1. The van der Waals surface area contributed by atoms with E-state index in [-0.39, 0.29) is 5.69 Å². The number of hydrogen-bond acceptors (Lipinski definition) is 4. The van der Waals surface area contributed by atoms with Crippen molar-refractivity contribution in [1.82, 2.24) is 23.8 Å². The minimum Gasteiger partial charge on any atom is -0.303 e. The molecule has 0 amide bonds. The van der Waals surface area contributed by atoms with Crippen molar-refractivity contribution in [3.05, 3.63) is 34.2 Å². The van der Waals surface area contributed by atoms with E-state index in [4.69, 9.17) is 0 Å². The highest BCUT2D eigenvalue weighted by Gasteiger charge is 2.26. The van der Waals surface area contributed by atoms with Gasteiger partial charge in [0.05, 0.1) is 23.1 Å². The molecular formula is C23H33N5O. The van der Waals surface area contributed by atoms with Gasteiger partial charge in [0.1, 0.15) is 0 Å². The van der Waals surface area contributed by atoms with Crippen molar-refractivity contribution in [3.8, 4) is 11.8 Å². The van der Waals surface area contributed by atoms with Gasteiger partial charge in [0.2, 0.25) is 0 Å². The molecule has 0 atom stereocenters. The highest BCUT2D eigenvalue weighted by atomic mass is 16.1. The Kier molecular flexibility index (Phi) is 6.09. The lowest BCUT2D eigenvalue weighted by molar-refractivity contribution is 0.0652. The van der Waals surface area contributed by atoms with E-state index in [0.717, 1.165) is 55.4 Å². The number of fused-ring (bicyclic) bond motifs is 1. The minimum atomic E-state index is -0.00450. The van der Waals surface area contributed by atoms with Crippen molar-refractivity contribution in [2.75, 3.05) is 52.4 Å². The van der Waals surface area contributed by atoms with Crippen LogP contribution in [0.5, 0.6) is 0 Å². The molecule has 2 saturated heterocycles. The van der Waals surface area contributed by atoms with Gasteiger partial charge in [-0.15, -0.1) is 0 Å². The van der Waals surface area contributed by atoms with Crippen LogP contribution < -0.4 is 5.69 Å². The standard InChI is InChI=1S/C23H33N5O/c1-4-26-13-10-20(11-14-26)28-17-15-27(16-18-28)12-6-8-19-7-5-9-21-22(19)25(3)23(29)24(21)2/h5,7,9,20H,4,10-18H2,1-3H3. The molecule has 6 heteroatoms. The molecular weight excluding hydrogens is 362 g/mol. The van der Waals surface area contributed by atoms with Gasteiger partial charge in [-0.2, -0.15) is 0 Å². The van der Waals surface area contributed by atoms with Gasteiger partial charge < -0.3 is 4.90 Å². The van der Waals surface area contributed by atoms with E-state index in [1.54, 1.807) is 9.13 Å². The number of nitrogens with zero attached hydrogens (tertiary/aromatic N) is 5. The van der Waals surface area contributed by atoms with Crippen LogP contribution in [0.4, 0.5) is 0 Å². The molecule has 0 aliphatic carbocycles. The van der Waals surface area contributed by atoms with Crippen molar-refractivity contribution in [2.24, 2.45) is 14.1 Å². The number of benzene rings is 1. The molecule has 2 aliphatic rings. The minimum absolute atomic E-state index is 0.00450. The van der Waals surface area contributed by atoms with E-state index in [0.29, 0.717) is 0 Å². The summed E-state index contributed by atoms with van der Waals surface area (Å²) in [5.74, 6) is 6.67. The van der Waals surface area contributed by atoms with Crippen molar-refractivity contribution in [3.63, 3.8) is 0 Å². The number of imidazole rings is 1. The normalized spacial score (nSPS) is 20.1. The Hall–Kier alpha value is -2.07. The van der Waals surface area contributed by atoms with E-state index < -0.39 is 0 Å². The Morgan fingerprint density at radius 1 is 0.966 bits per heavy atom. The van der Waals surface area contributed by atoms with Crippen molar-refractivity contribution < 1.29 is 0 Å². The zero-order valence-corrected chi connectivity index (χ0v) is 18.0. The summed E-state index contributed by atoms with van der Waals surface area (Å²) in [5, 5.41) is 0. The Bertz CT molecular complexity index is 963. The number of aryl methyl sites for hydroxylation is 2. The van der Waals surface area contributed by atoms with Gasteiger partial charge >= 0.3 is 5.69 Å². The number of hydrogen-bond donors (Lipinski definition) is 0. The molecule has 0 N–H and O–H groups in total. The monoisotopic (exact) mass is 395 g/mol. The summed E-state index contributed by atoms with van der Waals surface area (Å²) in [6.07, 6.45) is 2.63. The highest BCUT2D eigenvalue weighted by Crippen LogP contribution is 2.18. The molecule has 0 unspecified atom stereocenters. The van der Waals surface area contributed by atoms with Crippen LogP contribution in [-0.4, -0.2) is 82.2 Å². The predicted molar refractivity (Wildman–Crippen MR) is 118 cm³/mol. The maximum atomic E-state index is 12.2. The number of piperazine rings is 1. The molecule has 2 aromatic rings. The van der Waals surface area contributed by atoms with E-state index in [1.165, 1.54) is 32.5 Å². The largest absolute Gasteiger partial charge is 0.328 e. The Balaban J connectivity index is 1.34. The number of rotatable bonds is 3. The first-order valence-corrected chi connectivity index (χ1v) is 10.9. The Morgan fingerprint density at radius 3 is 2.38 bits per heavy atom. The maximum Gasteiger partial charge on any atom is 0.328 e. The summed E-state index contributed by atoms with van der Waals surface area (Å²) in [4.78, 5) is 19.9. The third kappa shape index (κ3) is 4.13. The molecule has 0 spiro atoms. The smallest absolute Gasteiger partial charge is 0.303 e. The van der Waals surface area contributed by atoms with Gasteiger partial charge in [0, 0.05) is 46.3 Å². The van der Waals surface area contributed by atoms with Crippen LogP contribution in [0.2, 0.25) is 0 Å². The number of para-hydroxylation sites is 1. The molecule has 6 nitrogen and oxygen atoms in total. The fourth-order valence-corrected chi connectivity index (χ4v) is 4.81. The summed E-state index contributed by atoms with van der Waals surface area (Å²) in [7, 11) is 3.63. The number of aromatic nitrogens is 2. The molecule has 1 aromatic heterocycles. The summed E-state index contributed by atoms with van der Waals surface area (Å²) < 4.78 is 3.38. The molecule has 156 valence electrons. The third-order valence-corrected chi connectivity index (χ3v) is 6.74. The molecule has 0 bridgehead atoms. The van der Waals surface area contributed by atoms with Gasteiger partial charge in [-0.05, 0) is 44.6 Å². The van der Waals surface area contributed by atoms with Gasteiger partial charge in [-0.25, -0.2) is 4.79 Å². The molecule has 0 saturated carbocycles. The van der Waals surface area contributed by atoms with E-state index >= 15 is 0 Å². The Morgan fingerprint density at radius 2 is 1.69 bits per heavy atom. The second-order valence-corrected chi connectivity index (χ2v) is 8.35. The molecule has 3 heterocycles. The second-order valence-electron chi connectivity index (χ2n) is 8.35. The molecule has 2 fully saturated rings. The average molecular weight is 396 g/mol. The quantitative estimate of drug-likeness (QED) is 0.735. The zero-order chi connectivity index (χ0) is 20.4. The van der Waals surface area contributed by atoms with E-state index in [1.807, 2.05) is 32.3 Å². The van der Waals surface area contributed by atoms with Crippen molar-refractivity contribution in [1.29, 1.82) is 0 Å². The van der Waals surface area contributed by atoms with Gasteiger partial charge in [0.15, 0.2) is 0 Å². The predicted octanol–water partition coefficient (Wildman–Crippen LogP) is 1.33. The molecule has 4 rings (SSSR count). The Labute approximate surface area is 173 Å². The molecule has 29 heavy (non-hydrogen) atoms. The molecule has 2 aliphatic heterocycles. The lowest BCUT2D eigenvalue weighted by Crippen LogP contribution is -2.53. The van der Waals surface area contributed by atoms with Crippen LogP contribution in [0.15, 0.2) is 23.0 Å². The lowest BCUT2D eigenvalue weighted by Gasteiger charge is -2.42. The summed E-state index contributed by atoms with van der Waals surface area (Å²) >= 11 is 0. The van der Waals surface area contributed by atoms with Gasteiger partial charge in [-0.3, -0.25) is 18.9 Å². The number of likely N-dealkylation sites (tertiary alicyclic amines) is 1. The first-order valence-electron chi connectivity index (χ1n) is 10.9. The fourth-order valence-electron chi connectivity index (χ4n) is 4.81. The van der Waals surface area contributed by atoms with Gasteiger partial charge in [-0.1, -0.05) is 24.8 Å². The maximum absolute atomic E-state index is 12.2. The summed E-state index contributed by atoms with van der Waals surface area (Å²) in [6, 6.07) is 6.73. The van der Waals surface area contributed by atoms with Crippen molar-refractivity contribution in [2.45, 2.75) is 25.8 Å². The van der Waals surface area contributed by atoms with Crippen molar-refractivity contribution >= 4 is 11.0 Å². The fraction of sp³-hybridized carbons (Fsp3) is 0.609. The average Bonchev–Trinajstić information content (AvgIpc) is 2.99. The third-order valence-electron chi connectivity index (χ3n) is 6.74. The van der Waals surface area contributed by atoms with Crippen LogP contribution in [0.1, 0.15) is 25.3 Å². The van der Waals surface area contributed by atoms with E-state index in [9.17, 15) is 4.79 Å². The molecule has 0 radical (unpaired) electrons. The van der Waals surface area contributed by atoms with Crippen LogP contribution in [-0.2, 0) is 14.1 Å². The highest BCUT2D eigenvalue weighted by molar-refractivity contribution is 5.82. The van der Waals surface area contributed by atoms with Crippen LogP contribution >= 0.6 is 0 Å². The van der Waals surface area contributed by atoms with Crippen LogP contribution in [0.3, 0.4) is 0 Å².